The first-order chi connectivity index (χ1) is 9.83. The molecule has 0 amide bonds. The molecule has 4 rings (SSSR count). The maximum absolute atomic E-state index is 6.51. The molecule has 2 aliphatic carbocycles. The molecule has 0 heterocycles. The molecule has 1 heteroatoms. The highest BCUT2D eigenvalue weighted by atomic mass is 14.7. The maximum atomic E-state index is 6.51. The minimum atomic E-state index is 0.365. The Morgan fingerprint density at radius 3 is 2.40 bits per heavy atom. The summed E-state index contributed by atoms with van der Waals surface area (Å²) in [6, 6.07) is 15.8. The van der Waals surface area contributed by atoms with E-state index in [1.165, 1.54) is 42.0 Å². The molecule has 20 heavy (non-hydrogen) atoms. The fraction of sp³-hybridized carbons (Fsp3) is 0.474. The average Bonchev–Trinajstić information content (AvgIpc) is 3.21. The predicted molar refractivity (Wildman–Crippen MR) is 84.6 cm³/mol. The molecule has 2 aromatic carbocycles. The molecular formula is C19H23N. The van der Waals surface area contributed by atoms with E-state index in [-0.39, 0.29) is 0 Å². The van der Waals surface area contributed by atoms with E-state index in [0.717, 1.165) is 24.2 Å². The lowest BCUT2D eigenvalue weighted by molar-refractivity contribution is 0.480. The van der Waals surface area contributed by atoms with Gasteiger partial charge in [-0.1, -0.05) is 55.3 Å². The highest BCUT2D eigenvalue weighted by Crippen LogP contribution is 2.56. The van der Waals surface area contributed by atoms with E-state index in [9.17, 15) is 0 Å². The van der Waals surface area contributed by atoms with Crippen molar-refractivity contribution in [2.45, 2.75) is 38.1 Å². The fourth-order valence-corrected chi connectivity index (χ4v) is 4.46. The Kier molecular flexibility index (Phi) is 3.03. The first-order valence-corrected chi connectivity index (χ1v) is 8.06. The maximum Gasteiger partial charge on any atom is 0.0113 e. The fourth-order valence-electron chi connectivity index (χ4n) is 4.46. The molecule has 0 radical (unpaired) electrons. The van der Waals surface area contributed by atoms with Crippen LogP contribution in [0.4, 0.5) is 0 Å². The van der Waals surface area contributed by atoms with Crippen LogP contribution in [-0.4, -0.2) is 6.04 Å². The van der Waals surface area contributed by atoms with Crippen LogP contribution in [0.25, 0.3) is 10.8 Å². The molecule has 3 atom stereocenters. The van der Waals surface area contributed by atoms with Gasteiger partial charge in [0, 0.05) is 6.04 Å². The second-order valence-electron chi connectivity index (χ2n) is 6.74. The van der Waals surface area contributed by atoms with Gasteiger partial charge in [0.15, 0.2) is 0 Å². The van der Waals surface area contributed by atoms with Crippen LogP contribution < -0.4 is 5.73 Å². The second kappa shape index (κ2) is 4.89. The summed E-state index contributed by atoms with van der Waals surface area (Å²) in [7, 11) is 0. The number of hydrogen-bond donors (Lipinski definition) is 1. The van der Waals surface area contributed by atoms with Crippen LogP contribution in [0.1, 0.15) is 31.2 Å². The van der Waals surface area contributed by atoms with Crippen LogP contribution in [0, 0.1) is 17.8 Å². The van der Waals surface area contributed by atoms with Crippen molar-refractivity contribution < 1.29 is 0 Å². The molecule has 0 bridgehead atoms. The van der Waals surface area contributed by atoms with Crippen LogP contribution in [0.15, 0.2) is 42.5 Å². The molecule has 2 N–H and O–H groups in total. The Balaban J connectivity index is 1.50. The Morgan fingerprint density at radius 1 is 0.950 bits per heavy atom. The minimum Gasteiger partial charge on any atom is -0.327 e. The molecule has 104 valence electrons. The first-order valence-electron chi connectivity index (χ1n) is 8.06. The number of hydrogen-bond acceptors (Lipinski definition) is 1. The third kappa shape index (κ3) is 2.14. The molecule has 0 spiro atoms. The van der Waals surface area contributed by atoms with Crippen molar-refractivity contribution >= 4 is 10.8 Å². The third-order valence-corrected chi connectivity index (χ3v) is 5.50. The van der Waals surface area contributed by atoms with Gasteiger partial charge >= 0.3 is 0 Å². The van der Waals surface area contributed by atoms with Crippen LogP contribution in [0.2, 0.25) is 0 Å². The summed E-state index contributed by atoms with van der Waals surface area (Å²) in [4.78, 5) is 0. The molecule has 0 aromatic heterocycles. The van der Waals surface area contributed by atoms with E-state index in [2.05, 4.69) is 42.5 Å². The van der Waals surface area contributed by atoms with Crippen LogP contribution in [0.5, 0.6) is 0 Å². The van der Waals surface area contributed by atoms with E-state index in [4.69, 9.17) is 5.73 Å². The summed E-state index contributed by atoms with van der Waals surface area (Å²) >= 11 is 0. The minimum absolute atomic E-state index is 0.365. The van der Waals surface area contributed by atoms with Crippen molar-refractivity contribution in [3.05, 3.63) is 48.0 Å². The average molecular weight is 265 g/mol. The summed E-state index contributed by atoms with van der Waals surface area (Å²) in [5.41, 5.74) is 7.92. The van der Waals surface area contributed by atoms with E-state index in [1.807, 2.05) is 0 Å². The molecular weight excluding hydrogens is 242 g/mol. The summed E-state index contributed by atoms with van der Waals surface area (Å²) in [5.74, 6) is 2.72. The second-order valence-corrected chi connectivity index (χ2v) is 6.74. The van der Waals surface area contributed by atoms with Crippen LogP contribution in [0.3, 0.4) is 0 Å². The Hall–Kier alpha value is -1.34. The SMILES string of the molecule is NC(Cc1ccc2ccccc2c1)C1C2CCCCC21. The van der Waals surface area contributed by atoms with Gasteiger partial charge in [-0.05, 0) is 53.4 Å². The third-order valence-electron chi connectivity index (χ3n) is 5.50. The Labute approximate surface area is 121 Å². The molecule has 0 aliphatic heterocycles. The van der Waals surface area contributed by atoms with Gasteiger partial charge in [-0.2, -0.15) is 0 Å². The van der Waals surface area contributed by atoms with Crippen molar-refractivity contribution in [2.24, 2.45) is 23.5 Å². The van der Waals surface area contributed by atoms with Gasteiger partial charge in [-0.15, -0.1) is 0 Å². The lowest BCUT2D eigenvalue weighted by atomic mass is 9.98. The number of benzene rings is 2. The van der Waals surface area contributed by atoms with Gasteiger partial charge in [0.05, 0.1) is 0 Å². The van der Waals surface area contributed by atoms with E-state index in [1.54, 1.807) is 0 Å². The first kappa shape index (κ1) is 12.4. The molecule has 3 unspecified atom stereocenters. The van der Waals surface area contributed by atoms with Crippen molar-refractivity contribution in [1.29, 1.82) is 0 Å². The predicted octanol–water partition coefficient (Wildman–Crippen LogP) is 4.15. The van der Waals surface area contributed by atoms with Gasteiger partial charge < -0.3 is 5.73 Å². The molecule has 0 saturated heterocycles. The monoisotopic (exact) mass is 265 g/mol. The zero-order valence-corrected chi connectivity index (χ0v) is 12.0. The quantitative estimate of drug-likeness (QED) is 0.886. The molecule has 2 saturated carbocycles. The van der Waals surface area contributed by atoms with Gasteiger partial charge in [0.25, 0.3) is 0 Å². The normalized spacial score (nSPS) is 29.9. The van der Waals surface area contributed by atoms with Gasteiger partial charge in [0.2, 0.25) is 0 Å². The number of nitrogens with two attached hydrogens (primary N) is 1. The topological polar surface area (TPSA) is 26.0 Å². The number of rotatable bonds is 3. The molecule has 2 fully saturated rings. The zero-order chi connectivity index (χ0) is 13.5. The van der Waals surface area contributed by atoms with Crippen molar-refractivity contribution in [1.82, 2.24) is 0 Å². The number of fused-ring (bicyclic) bond motifs is 2. The van der Waals surface area contributed by atoms with Crippen LogP contribution >= 0.6 is 0 Å². The van der Waals surface area contributed by atoms with E-state index < -0.39 is 0 Å². The standard InChI is InChI=1S/C19H23N/c20-18(19-16-7-3-4-8-17(16)19)12-13-9-10-14-5-1-2-6-15(14)11-13/h1-2,5-6,9-11,16-19H,3-4,7-8,12,20H2. The highest BCUT2D eigenvalue weighted by Gasteiger charge is 2.52. The largest absolute Gasteiger partial charge is 0.327 e. The lowest BCUT2D eigenvalue weighted by Crippen LogP contribution is -2.26. The van der Waals surface area contributed by atoms with E-state index in [0.29, 0.717) is 6.04 Å². The van der Waals surface area contributed by atoms with E-state index >= 15 is 0 Å². The van der Waals surface area contributed by atoms with Crippen molar-refractivity contribution in [2.75, 3.05) is 0 Å². The summed E-state index contributed by atoms with van der Waals surface area (Å²) in [5, 5.41) is 2.66. The smallest absolute Gasteiger partial charge is 0.0113 e. The molecule has 2 aromatic rings. The van der Waals surface area contributed by atoms with Crippen molar-refractivity contribution in [3.8, 4) is 0 Å². The highest BCUT2D eigenvalue weighted by molar-refractivity contribution is 5.82. The zero-order valence-electron chi connectivity index (χ0n) is 12.0. The van der Waals surface area contributed by atoms with Crippen LogP contribution in [-0.2, 0) is 6.42 Å². The lowest BCUT2D eigenvalue weighted by Gasteiger charge is -2.12. The summed E-state index contributed by atoms with van der Waals surface area (Å²) in [6.45, 7) is 0. The van der Waals surface area contributed by atoms with Crippen molar-refractivity contribution in [3.63, 3.8) is 0 Å². The Bertz CT molecular complexity index is 606. The van der Waals surface area contributed by atoms with Gasteiger partial charge in [0.1, 0.15) is 0 Å². The van der Waals surface area contributed by atoms with Gasteiger partial charge in [-0.3, -0.25) is 0 Å². The summed E-state index contributed by atoms with van der Waals surface area (Å²) < 4.78 is 0. The molecule has 1 nitrogen and oxygen atoms in total. The summed E-state index contributed by atoms with van der Waals surface area (Å²) in [6.07, 6.45) is 6.77. The Morgan fingerprint density at radius 2 is 1.65 bits per heavy atom. The van der Waals surface area contributed by atoms with Gasteiger partial charge in [-0.25, -0.2) is 0 Å². The molecule has 2 aliphatic rings.